The van der Waals surface area contributed by atoms with Crippen LogP contribution in [0, 0.1) is 11.8 Å². The Morgan fingerprint density at radius 1 is 0.667 bits per heavy atom. The number of aliphatic carboxylic acids is 1. The standard InChI is InChI=1S/C28H34N6O2S.C26H30N6O2S/c1-4-36-28(35)17-5-6-21-24(13-17)37-27-25(21)26(30-16-31-27)32-22-11-18-14-29-15-19(18)12-23(22)34-9-7-20(8-10-34)33(2)3;1-31(2)18-5-7-32(8-6-18)21-10-17-13-27-12-16(17)9-20(21)30-24-23-19-4-3-15(26(33)34)11-22(19)35-25(23)29-14-28-24/h11-12,14,16-17,20H,4-10,13,15H2,1-3H3,(H,30,31,32);9-10,12,14-15,18H,3-8,11,13H2,1-2H3,(H,33,34)(H,28,29,30)/t17-;15-/m00/s1. The highest BCUT2D eigenvalue weighted by atomic mass is 32.1. The van der Waals surface area contributed by atoms with Gasteiger partial charge in [-0.2, -0.15) is 0 Å². The Morgan fingerprint density at radius 2 is 1.12 bits per heavy atom. The number of hydrogen-bond donors (Lipinski definition) is 3. The minimum Gasteiger partial charge on any atom is -0.481 e. The molecule has 0 radical (unpaired) electrons. The minimum absolute atomic E-state index is 0.0717. The van der Waals surface area contributed by atoms with Gasteiger partial charge >= 0.3 is 11.9 Å². The van der Waals surface area contributed by atoms with Gasteiger partial charge in [0, 0.05) is 60.4 Å². The van der Waals surface area contributed by atoms with Crippen LogP contribution in [-0.4, -0.2) is 132 Å². The fraction of sp³-hybridized carbons (Fsp3) is 0.481. The zero-order valence-corrected chi connectivity index (χ0v) is 43.5. The van der Waals surface area contributed by atoms with Crippen LogP contribution in [-0.2, 0) is 53.1 Å². The van der Waals surface area contributed by atoms with Gasteiger partial charge in [0.2, 0.25) is 0 Å². The van der Waals surface area contributed by atoms with Crippen LogP contribution >= 0.6 is 22.7 Å². The third kappa shape index (κ3) is 9.53. The van der Waals surface area contributed by atoms with E-state index in [1.54, 1.807) is 35.3 Å². The average Bonchev–Trinajstić information content (AvgIpc) is 4.21. The molecule has 72 heavy (non-hydrogen) atoms. The molecule has 8 heterocycles. The summed E-state index contributed by atoms with van der Waals surface area (Å²) in [6.07, 6.45) is 16.1. The molecule has 3 N–H and O–H groups in total. The summed E-state index contributed by atoms with van der Waals surface area (Å²) in [5.74, 6) is 0.472. The molecule has 376 valence electrons. The fourth-order valence-electron chi connectivity index (χ4n) is 11.6. The van der Waals surface area contributed by atoms with Crippen molar-refractivity contribution in [3.8, 4) is 0 Å². The number of carboxylic acid groups (broad SMARTS) is 1. The summed E-state index contributed by atoms with van der Waals surface area (Å²) in [5.41, 5.74) is 11.9. The summed E-state index contributed by atoms with van der Waals surface area (Å²) in [5, 5.41) is 19.0. The number of ether oxygens (including phenoxy) is 1. The molecule has 12 rings (SSSR count). The summed E-state index contributed by atoms with van der Waals surface area (Å²) < 4.78 is 5.31. The van der Waals surface area contributed by atoms with Crippen molar-refractivity contribution in [2.24, 2.45) is 21.8 Å². The van der Waals surface area contributed by atoms with Gasteiger partial charge in [-0.15, -0.1) is 22.7 Å². The van der Waals surface area contributed by atoms with E-state index in [0.29, 0.717) is 31.5 Å². The quantitative estimate of drug-likeness (QED) is 0.105. The second-order valence-electron chi connectivity index (χ2n) is 20.5. The number of aromatic nitrogens is 4. The molecule has 0 saturated carbocycles. The van der Waals surface area contributed by atoms with Crippen LogP contribution < -0.4 is 20.4 Å². The number of anilines is 6. The van der Waals surface area contributed by atoms with Crippen LogP contribution in [0.15, 0.2) is 46.9 Å². The zero-order valence-electron chi connectivity index (χ0n) is 41.9. The van der Waals surface area contributed by atoms with Gasteiger partial charge in [-0.25, -0.2) is 19.9 Å². The number of piperidine rings is 2. The summed E-state index contributed by atoms with van der Waals surface area (Å²) in [7, 11) is 8.69. The first kappa shape index (κ1) is 48.2. The normalized spacial score (nSPS) is 19.6. The number of rotatable bonds is 11. The van der Waals surface area contributed by atoms with Crippen LogP contribution in [0.25, 0.3) is 20.4 Å². The first-order valence-corrected chi connectivity index (χ1v) is 27.2. The van der Waals surface area contributed by atoms with E-state index in [4.69, 9.17) is 9.72 Å². The monoisotopic (exact) mass is 1010 g/mol. The molecule has 2 aliphatic carbocycles. The molecule has 2 aromatic carbocycles. The number of carboxylic acids is 1. The number of benzene rings is 2. The highest BCUT2D eigenvalue weighted by Gasteiger charge is 2.33. The molecule has 16 nitrogen and oxygen atoms in total. The number of carbonyl (C=O) groups is 2. The van der Waals surface area contributed by atoms with E-state index in [2.05, 4.69) is 108 Å². The molecule has 2 saturated heterocycles. The highest BCUT2D eigenvalue weighted by molar-refractivity contribution is 7.19. The molecule has 0 amide bonds. The van der Waals surface area contributed by atoms with E-state index in [1.807, 2.05) is 19.4 Å². The van der Waals surface area contributed by atoms with Gasteiger partial charge in [0.1, 0.15) is 34.0 Å². The maximum atomic E-state index is 12.4. The van der Waals surface area contributed by atoms with Gasteiger partial charge in [0.25, 0.3) is 0 Å². The SMILES string of the molecule is CCOC(=O)[C@H]1CCc2c(sc3ncnc(Nc4cc5c(cc4N4CCC(N(C)C)CC4)CN=C5)c23)C1.CN(C)C1CCN(c2cc3c(cc2Nc2ncnc4sc5c(c24)CC[C@H](C(=O)O)C5)C=NC3)CC1. The molecule has 0 spiro atoms. The molecule has 4 aliphatic heterocycles. The summed E-state index contributed by atoms with van der Waals surface area (Å²) >= 11 is 3.29. The van der Waals surface area contributed by atoms with E-state index in [9.17, 15) is 14.7 Å². The smallest absolute Gasteiger partial charge is 0.309 e. The number of fused-ring (bicyclic) bond motifs is 8. The zero-order chi connectivity index (χ0) is 49.6. The van der Waals surface area contributed by atoms with E-state index in [-0.39, 0.29) is 17.8 Å². The molecule has 18 heteroatoms. The Balaban J connectivity index is 0.000000156. The lowest BCUT2D eigenvalue weighted by Crippen LogP contribution is -2.42. The number of nitrogens with one attached hydrogen (secondary N) is 2. The average molecular weight is 1010 g/mol. The number of nitrogens with zero attached hydrogens (tertiary/aromatic N) is 10. The van der Waals surface area contributed by atoms with Crippen LogP contribution in [0.1, 0.15) is 88.6 Å². The molecular weight excluding hydrogens is 945 g/mol. The number of aryl methyl sites for hydroxylation is 2. The van der Waals surface area contributed by atoms with Gasteiger partial charge in [-0.05, 0) is 157 Å². The summed E-state index contributed by atoms with van der Waals surface area (Å²) in [6, 6.07) is 10.3. The van der Waals surface area contributed by atoms with Gasteiger partial charge < -0.3 is 40.1 Å². The summed E-state index contributed by atoms with van der Waals surface area (Å²) in [6.45, 7) is 7.85. The predicted octanol–water partition coefficient (Wildman–Crippen LogP) is 8.65. The number of thiophene rings is 2. The Bertz CT molecular complexity index is 3090. The summed E-state index contributed by atoms with van der Waals surface area (Å²) in [4.78, 5) is 65.4. The minimum atomic E-state index is -0.708. The molecule has 2 fully saturated rings. The van der Waals surface area contributed by atoms with Crippen LogP contribution in [0.3, 0.4) is 0 Å². The molecule has 6 aliphatic rings. The maximum Gasteiger partial charge on any atom is 0.309 e. The predicted molar refractivity (Wildman–Crippen MR) is 290 cm³/mol. The van der Waals surface area contributed by atoms with Gasteiger partial charge in [-0.1, -0.05) is 0 Å². The molecule has 6 aromatic rings. The Morgan fingerprint density at radius 3 is 1.57 bits per heavy atom. The van der Waals surface area contributed by atoms with Crippen LogP contribution in [0.5, 0.6) is 0 Å². The third-order valence-electron chi connectivity index (χ3n) is 15.7. The topological polar surface area (TPSA) is 177 Å². The molecule has 2 atom stereocenters. The van der Waals surface area contributed by atoms with Gasteiger partial charge in [-0.3, -0.25) is 19.6 Å². The lowest BCUT2D eigenvalue weighted by molar-refractivity contribution is -0.148. The van der Waals surface area contributed by atoms with Crippen LogP contribution in [0.2, 0.25) is 0 Å². The van der Waals surface area contributed by atoms with Crippen molar-refractivity contribution in [2.75, 3.05) is 81.4 Å². The van der Waals surface area contributed by atoms with Crippen molar-refractivity contribution in [3.05, 3.63) is 80.1 Å². The number of carbonyl (C=O) groups excluding carboxylic acids is 1. The number of esters is 1. The lowest BCUT2D eigenvalue weighted by atomic mass is 9.88. The number of aliphatic imine (C=N–C) groups is 2. The van der Waals surface area contributed by atoms with Crippen molar-refractivity contribution in [1.29, 1.82) is 0 Å². The largest absolute Gasteiger partial charge is 0.481 e. The van der Waals surface area contributed by atoms with E-state index in [0.717, 1.165) is 145 Å². The third-order valence-corrected chi connectivity index (χ3v) is 18.1. The van der Waals surface area contributed by atoms with Crippen molar-refractivity contribution in [3.63, 3.8) is 0 Å². The van der Waals surface area contributed by atoms with Crippen molar-refractivity contribution in [1.82, 2.24) is 29.7 Å². The maximum absolute atomic E-state index is 12.4. The Labute approximate surface area is 428 Å². The molecule has 4 aromatic heterocycles. The van der Waals surface area contributed by atoms with Crippen molar-refractivity contribution >= 4 is 102 Å². The first-order valence-electron chi connectivity index (χ1n) is 25.6. The Kier molecular flexibility index (Phi) is 13.7. The molecular formula is C54H64N12O4S2. The van der Waals surface area contributed by atoms with Crippen LogP contribution in [0.4, 0.5) is 34.4 Å². The fourth-order valence-corrected chi connectivity index (χ4v) is 14.1. The number of hydrogen-bond acceptors (Lipinski definition) is 17. The Hall–Kier alpha value is -6.08. The lowest BCUT2D eigenvalue weighted by Gasteiger charge is -2.37. The molecule has 0 bridgehead atoms. The molecule has 0 unspecified atom stereocenters. The van der Waals surface area contributed by atoms with Gasteiger partial charge in [0.05, 0.1) is 65.1 Å². The second-order valence-corrected chi connectivity index (χ2v) is 22.6. The first-order chi connectivity index (χ1) is 35.0. The van der Waals surface area contributed by atoms with Crippen molar-refractivity contribution < 1.29 is 19.4 Å². The highest BCUT2D eigenvalue weighted by Crippen LogP contribution is 2.45. The van der Waals surface area contributed by atoms with Gasteiger partial charge in [0.15, 0.2) is 0 Å². The van der Waals surface area contributed by atoms with E-state index < -0.39 is 5.97 Å². The second kappa shape index (κ2) is 20.4. The van der Waals surface area contributed by atoms with E-state index >= 15 is 0 Å². The van der Waals surface area contributed by atoms with Crippen molar-refractivity contribution in [2.45, 2.75) is 96.3 Å². The van der Waals surface area contributed by atoms with E-state index in [1.165, 1.54) is 44.1 Å².